The lowest BCUT2D eigenvalue weighted by molar-refractivity contribution is 0.0525. The number of benzene rings is 2. The van der Waals surface area contributed by atoms with Crippen molar-refractivity contribution in [2.45, 2.75) is 6.92 Å². The summed E-state index contributed by atoms with van der Waals surface area (Å²) in [5.74, 6) is 0.329. The second-order valence-corrected chi connectivity index (χ2v) is 6.50. The Kier molecular flexibility index (Phi) is 5.61. The van der Waals surface area contributed by atoms with E-state index in [4.69, 9.17) is 25.8 Å². The van der Waals surface area contributed by atoms with Crippen LogP contribution < -0.4 is 15.0 Å². The molecule has 3 aromatic rings. The molecule has 0 bridgehead atoms. The van der Waals surface area contributed by atoms with E-state index < -0.39 is 11.5 Å². The van der Waals surface area contributed by atoms with E-state index in [2.05, 4.69) is 0 Å². The minimum Gasteiger partial charge on any atom is -0.493 e. The molecule has 6 nitrogen and oxygen atoms in total. The normalized spacial score (nSPS) is 10.8. The van der Waals surface area contributed by atoms with Crippen LogP contribution >= 0.6 is 11.6 Å². The summed E-state index contributed by atoms with van der Waals surface area (Å²) in [5.41, 5.74) is 1.21. The lowest BCUT2D eigenvalue weighted by atomic mass is 9.95. The van der Waals surface area contributed by atoms with E-state index in [0.29, 0.717) is 38.6 Å². The Bertz CT molecular complexity index is 1120. The molecule has 0 saturated heterocycles. The highest BCUT2D eigenvalue weighted by atomic mass is 35.5. The third-order valence-corrected chi connectivity index (χ3v) is 4.74. The van der Waals surface area contributed by atoms with Gasteiger partial charge in [-0.15, -0.1) is 0 Å². The van der Waals surface area contributed by atoms with Gasteiger partial charge in [0.05, 0.1) is 26.3 Å². The van der Waals surface area contributed by atoms with Crippen LogP contribution in [0.5, 0.6) is 11.5 Å². The lowest BCUT2D eigenvalue weighted by Crippen LogP contribution is -2.27. The molecule has 0 fully saturated rings. The summed E-state index contributed by atoms with van der Waals surface area (Å²) in [4.78, 5) is 25.7. The number of hydrogen-bond donors (Lipinski definition) is 0. The molecule has 2 aromatic carbocycles. The Balaban J connectivity index is 2.47. The van der Waals surface area contributed by atoms with Gasteiger partial charge in [0.15, 0.2) is 11.5 Å². The van der Waals surface area contributed by atoms with Crippen LogP contribution in [0.3, 0.4) is 0 Å². The fourth-order valence-corrected chi connectivity index (χ4v) is 3.38. The maximum Gasteiger partial charge on any atom is 0.344 e. The zero-order valence-corrected chi connectivity index (χ0v) is 16.8. The summed E-state index contributed by atoms with van der Waals surface area (Å²) in [6.45, 7) is 1.84. The van der Waals surface area contributed by atoms with E-state index >= 15 is 0 Å². The van der Waals surface area contributed by atoms with Crippen LogP contribution in [-0.2, 0) is 11.8 Å². The largest absolute Gasteiger partial charge is 0.493 e. The third-order valence-electron chi connectivity index (χ3n) is 4.51. The summed E-state index contributed by atoms with van der Waals surface area (Å²) < 4.78 is 17.3. The van der Waals surface area contributed by atoms with Crippen molar-refractivity contribution in [2.24, 2.45) is 7.05 Å². The van der Waals surface area contributed by atoms with Gasteiger partial charge in [-0.1, -0.05) is 17.7 Å². The second kappa shape index (κ2) is 7.94. The highest BCUT2D eigenvalue weighted by Gasteiger charge is 2.24. The molecule has 0 radical (unpaired) electrons. The fraction of sp³-hybridized carbons (Fsp3) is 0.238. The summed E-state index contributed by atoms with van der Waals surface area (Å²) in [5, 5.41) is 1.15. The molecule has 146 valence electrons. The number of ether oxygens (including phenoxy) is 3. The average molecular weight is 402 g/mol. The van der Waals surface area contributed by atoms with Gasteiger partial charge in [-0.05, 0) is 42.8 Å². The predicted octanol–water partition coefficient (Wildman–Crippen LogP) is 4.05. The van der Waals surface area contributed by atoms with Gasteiger partial charge in [0, 0.05) is 23.0 Å². The molecule has 0 amide bonds. The van der Waals surface area contributed by atoms with Crippen molar-refractivity contribution in [1.29, 1.82) is 0 Å². The number of hydrogen-bond acceptors (Lipinski definition) is 5. The fourth-order valence-electron chi connectivity index (χ4n) is 3.20. The Hall–Kier alpha value is -2.99. The van der Waals surface area contributed by atoms with Crippen molar-refractivity contribution in [3.63, 3.8) is 0 Å². The minimum atomic E-state index is -0.685. The van der Waals surface area contributed by atoms with Crippen molar-refractivity contribution in [1.82, 2.24) is 4.57 Å². The molecule has 1 heterocycles. The molecule has 0 spiro atoms. The van der Waals surface area contributed by atoms with Crippen LogP contribution in [0.1, 0.15) is 17.3 Å². The van der Waals surface area contributed by atoms with Gasteiger partial charge >= 0.3 is 5.97 Å². The van der Waals surface area contributed by atoms with Crippen molar-refractivity contribution >= 4 is 28.5 Å². The first-order chi connectivity index (χ1) is 13.4. The molecule has 0 aliphatic carbocycles. The van der Waals surface area contributed by atoms with Crippen LogP contribution in [0, 0.1) is 0 Å². The Morgan fingerprint density at radius 2 is 1.79 bits per heavy atom. The summed E-state index contributed by atoms with van der Waals surface area (Å²) >= 11 is 6.22. The van der Waals surface area contributed by atoms with Crippen molar-refractivity contribution in [3.05, 3.63) is 57.3 Å². The van der Waals surface area contributed by atoms with Crippen LogP contribution in [0.15, 0.2) is 41.2 Å². The van der Waals surface area contributed by atoms with Crippen LogP contribution in [-0.4, -0.2) is 31.4 Å². The lowest BCUT2D eigenvalue weighted by Gasteiger charge is -2.17. The molecule has 0 aliphatic heterocycles. The van der Waals surface area contributed by atoms with E-state index in [9.17, 15) is 9.59 Å². The Morgan fingerprint density at radius 1 is 1.07 bits per heavy atom. The second-order valence-electron chi connectivity index (χ2n) is 6.07. The van der Waals surface area contributed by atoms with Crippen molar-refractivity contribution in [2.75, 3.05) is 20.8 Å². The number of rotatable bonds is 5. The van der Waals surface area contributed by atoms with Crippen LogP contribution in [0.25, 0.3) is 22.0 Å². The van der Waals surface area contributed by atoms with E-state index in [1.807, 2.05) is 0 Å². The molecule has 0 aliphatic rings. The standard InChI is InChI=1S/C21H20ClNO5/c1-5-28-21(25)19-18(12-6-9-16(26-3)17(10-12)27-4)14-11-13(22)7-8-15(14)23(2)20(19)24/h6-11H,5H2,1-4H3. The first-order valence-corrected chi connectivity index (χ1v) is 9.02. The first-order valence-electron chi connectivity index (χ1n) is 8.64. The molecule has 0 atom stereocenters. The predicted molar refractivity (Wildman–Crippen MR) is 109 cm³/mol. The van der Waals surface area contributed by atoms with Gasteiger partial charge in [-0.2, -0.15) is 0 Å². The number of pyridine rings is 1. The quantitative estimate of drug-likeness (QED) is 0.603. The zero-order chi connectivity index (χ0) is 20.4. The van der Waals surface area contributed by atoms with Gasteiger partial charge in [-0.25, -0.2) is 4.79 Å². The molecule has 28 heavy (non-hydrogen) atoms. The third kappa shape index (κ3) is 3.31. The maximum absolute atomic E-state index is 13.0. The maximum atomic E-state index is 13.0. The smallest absolute Gasteiger partial charge is 0.344 e. The molecule has 0 unspecified atom stereocenters. The average Bonchev–Trinajstić information content (AvgIpc) is 2.69. The number of carbonyl (C=O) groups excluding carboxylic acids is 1. The molecular formula is C21H20ClNO5. The van der Waals surface area contributed by atoms with Crippen LogP contribution in [0.2, 0.25) is 5.02 Å². The number of methoxy groups -OCH3 is 2. The van der Waals surface area contributed by atoms with Crippen molar-refractivity contribution in [3.8, 4) is 22.6 Å². The highest BCUT2D eigenvalue weighted by molar-refractivity contribution is 6.31. The molecular weight excluding hydrogens is 382 g/mol. The van der Waals surface area contributed by atoms with E-state index in [1.165, 1.54) is 18.8 Å². The number of carbonyl (C=O) groups is 1. The van der Waals surface area contributed by atoms with E-state index in [-0.39, 0.29) is 12.2 Å². The van der Waals surface area contributed by atoms with Crippen molar-refractivity contribution < 1.29 is 19.0 Å². The summed E-state index contributed by atoms with van der Waals surface area (Å²) in [6.07, 6.45) is 0. The number of aryl methyl sites for hydroxylation is 1. The monoisotopic (exact) mass is 401 g/mol. The Labute approximate surface area is 167 Å². The van der Waals surface area contributed by atoms with E-state index in [0.717, 1.165) is 0 Å². The Morgan fingerprint density at radius 3 is 2.43 bits per heavy atom. The highest BCUT2D eigenvalue weighted by Crippen LogP contribution is 2.37. The molecule has 7 heteroatoms. The van der Waals surface area contributed by atoms with Gasteiger partial charge in [0.25, 0.3) is 5.56 Å². The topological polar surface area (TPSA) is 66.8 Å². The molecule has 0 N–H and O–H groups in total. The molecule has 0 saturated carbocycles. The molecule has 3 rings (SSSR count). The molecule has 1 aromatic heterocycles. The number of halogens is 1. The summed E-state index contributed by atoms with van der Waals surface area (Å²) in [6, 6.07) is 10.4. The minimum absolute atomic E-state index is 0.0497. The van der Waals surface area contributed by atoms with Crippen LogP contribution in [0.4, 0.5) is 0 Å². The number of fused-ring (bicyclic) bond motifs is 1. The summed E-state index contributed by atoms with van der Waals surface area (Å²) in [7, 11) is 4.67. The van der Waals surface area contributed by atoms with E-state index in [1.54, 1.807) is 50.4 Å². The SMILES string of the molecule is CCOC(=O)c1c(-c2ccc(OC)c(OC)c2)c2cc(Cl)ccc2n(C)c1=O. The number of aromatic nitrogens is 1. The van der Waals surface area contributed by atoms with Gasteiger partial charge < -0.3 is 18.8 Å². The number of nitrogens with zero attached hydrogens (tertiary/aromatic N) is 1. The number of esters is 1. The zero-order valence-electron chi connectivity index (χ0n) is 16.0. The van der Waals surface area contributed by atoms with Gasteiger partial charge in [0.2, 0.25) is 0 Å². The van der Waals surface area contributed by atoms with Gasteiger partial charge in [0.1, 0.15) is 5.56 Å². The van der Waals surface area contributed by atoms with Gasteiger partial charge in [-0.3, -0.25) is 4.79 Å². The first kappa shape index (κ1) is 19.8.